The number of thioether (sulfide) groups is 1. The zero-order chi connectivity index (χ0) is 11.5. The SMILES string of the molecule is CC1OCCC1(CO)CCSC(F)(F)F. The molecular weight excluding hydrogens is 229 g/mol. The lowest BCUT2D eigenvalue weighted by molar-refractivity contribution is -0.0333. The second-order valence-electron chi connectivity index (χ2n) is 3.83. The van der Waals surface area contributed by atoms with E-state index >= 15 is 0 Å². The van der Waals surface area contributed by atoms with Crippen molar-refractivity contribution in [2.24, 2.45) is 5.41 Å². The van der Waals surface area contributed by atoms with Gasteiger partial charge in [-0.15, -0.1) is 0 Å². The van der Waals surface area contributed by atoms with Crippen LogP contribution in [-0.4, -0.2) is 35.7 Å². The van der Waals surface area contributed by atoms with Crippen molar-refractivity contribution in [2.45, 2.75) is 31.4 Å². The number of hydrogen-bond donors (Lipinski definition) is 1. The molecule has 1 aliphatic heterocycles. The number of aliphatic hydroxyl groups is 1. The van der Waals surface area contributed by atoms with Crippen molar-refractivity contribution in [1.82, 2.24) is 0 Å². The molecule has 6 heteroatoms. The topological polar surface area (TPSA) is 29.5 Å². The first-order valence-corrected chi connectivity index (χ1v) is 5.81. The Labute approximate surface area is 91.2 Å². The van der Waals surface area contributed by atoms with Crippen molar-refractivity contribution >= 4 is 11.8 Å². The summed E-state index contributed by atoms with van der Waals surface area (Å²) in [5.74, 6) is -0.0161. The molecule has 0 aromatic carbocycles. The van der Waals surface area contributed by atoms with Crippen LogP contribution in [0.1, 0.15) is 19.8 Å². The van der Waals surface area contributed by atoms with Gasteiger partial charge < -0.3 is 9.84 Å². The van der Waals surface area contributed by atoms with Gasteiger partial charge in [0.1, 0.15) is 0 Å². The van der Waals surface area contributed by atoms with Crippen molar-refractivity contribution < 1.29 is 23.0 Å². The van der Waals surface area contributed by atoms with Gasteiger partial charge in [0.15, 0.2) is 0 Å². The lowest BCUT2D eigenvalue weighted by Gasteiger charge is -2.29. The van der Waals surface area contributed by atoms with Crippen molar-refractivity contribution in [2.75, 3.05) is 19.0 Å². The van der Waals surface area contributed by atoms with Crippen LogP contribution in [0, 0.1) is 5.41 Å². The van der Waals surface area contributed by atoms with Gasteiger partial charge in [0.25, 0.3) is 0 Å². The van der Waals surface area contributed by atoms with Crippen molar-refractivity contribution in [3.8, 4) is 0 Å². The first kappa shape index (κ1) is 13.1. The third-order valence-corrected chi connectivity index (χ3v) is 3.75. The van der Waals surface area contributed by atoms with E-state index in [0.717, 1.165) is 0 Å². The standard InChI is InChI=1S/C9H15F3O2S/c1-7-8(6-13,2-4-14-7)3-5-15-9(10,11)12/h7,13H,2-6H2,1H3. The number of rotatable bonds is 4. The molecule has 0 spiro atoms. The van der Waals surface area contributed by atoms with Gasteiger partial charge in [0.05, 0.1) is 12.7 Å². The van der Waals surface area contributed by atoms with Gasteiger partial charge in [-0.2, -0.15) is 13.2 Å². The zero-order valence-electron chi connectivity index (χ0n) is 8.51. The van der Waals surface area contributed by atoms with Crippen LogP contribution < -0.4 is 0 Å². The highest BCUT2D eigenvalue weighted by Crippen LogP contribution is 2.40. The van der Waals surface area contributed by atoms with Crippen LogP contribution in [0.25, 0.3) is 0 Å². The summed E-state index contributed by atoms with van der Waals surface area (Å²) in [6.07, 6.45) is 0.828. The molecule has 1 N–H and O–H groups in total. The van der Waals surface area contributed by atoms with Crippen LogP contribution in [0.15, 0.2) is 0 Å². The van der Waals surface area contributed by atoms with E-state index in [1.165, 1.54) is 0 Å². The Kier molecular flexibility index (Phi) is 4.31. The van der Waals surface area contributed by atoms with Crippen LogP contribution >= 0.6 is 11.8 Å². The molecule has 2 atom stereocenters. The third kappa shape index (κ3) is 3.53. The molecule has 1 saturated heterocycles. The van der Waals surface area contributed by atoms with E-state index in [2.05, 4.69) is 0 Å². The minimum atomic E-state index is -4.18. The van der Waals surface area contributed by atoms with E-state index in [0.29, 0.717) is 19.4 Å². The van der Waals surface area contributed by atoms with E-state index in [4.69, 9.17) is 4.74 Å². The summed E-state index contributed by atoms with van der Waals surface area (Å²) in [5, 5.41) is 9.25. The van der Waals surface area contributed by atoms with Crippen LogP contribution in [0.2, 0.25) is 0 Å². The van der Waals surface area contributed by atoms with Crippen LogP contribution in [0.5, 0.6) is 0 Å². The van der Waals surface area contributed by atoms with Gasteiger partial charge in [-0.25, -0.2) is 0 Å². The maximum Gasteiger partial charge on any atom is 0.441 e. The highest BCUT2D eigenvalue weighted by molar-refractivity contribution is 8.00. The molecule has 2 nitrogen and oxygen atoms in total. The summed E-state index contributed by atoms with van der Waals surface area (Å²) in [5.41, 5.74) is -4.66. The Morgan fingerprint density at radius 3 is 2.60 bits per heavy atom. The van der Waals surface area contributed by atoms with Gasteiger partial charge >= 0.3 is 5.51 Å². The van der Waals surface area contributed by atoms with Crippen molar-refractivity contribution in [3.63, 3.8) is 0 Å². The summed E-state index contributed by atoms with van der Waals surface area (Å²) < 4.78 is 41.1. The summed E-state index contributed by atoms with van der Waals surface area (Å²) in [7, 11) is 0. The first-order chi connectivity index (χ1) is 6.90. The summed E-state index contributed by atoms with van der Waals surface area (Å²) in [4.78, 5) is 0. The van der Waals surface area contributed by atoms with Gasteiger partial charge in [0.2, 0.25) is 0 Å². The molecule has 0 radical (unpaired) electrons. The van der Waals surface area contributed by atoms with E-state index in [-0.39, 0.29) is 30.2 Å². The number of hydrogen-bond acceptors (Lipinski definition) is 3. The summed E-state index contributed by atoms with van der Waals surface area (Å²) >= 11 is -0.0303. The lowest BCUT2D eigenvalue weighted by Crippen LogP contribution is -2.33. The van der Waals surface area contributed by atoms with Crippen LogP contribution in [0.3, 0.4) is 0 Å². The maximum atomic E-state index is 11.9. The molecule has 0 bridgehead atoms. The quantitative estimate of drug-likeness (QED) is 0.823. The fraction of sp³-hybridized carbons (Fsp3) is 1.00. The fourth-order valence-electron chi connectivity index (χ4n) is 1.80. The molecule has 0 amide bonds. The third-order valence-electron chi connectivity index (χ3n) is 3.01. The minimum Gasteiger partial charge on any atom is -0.396 e. The van der Waals surface area contributed by atoms with E-state index in [1.807, 2.05) is 6.92 Å². The van der Waals surface area contributed by atoms with Gasteiger partial charge in [0, 0.05) is 17.8 Å². The van der Waals surface area contributed by atoms with E-state index in [9.17, 15) is 18.3 Å². The smallest absolute Gasteiger partial charge is 0.396 e. The number of halogens is 3. The highest BCUT2D eigenvalue weighted by atomic mass is 32.2. The summed E-state index contributed by atoms with van der Waals surface area (Å²) in [6, 6.07) is 0. The molecule has 2 unspecified atom stereocenters. The lowest BCUT2D eigenvalue weighted by atomic mass is 9.80. The predicted molar refractivity (Wildman–Crippen MR) is 52.7 cm³/mol. The fourth-order valence-corrected chi connectivity index (χ4v) is 2.54. The first-order valence-electron chi connectivity index (χ1n) is 4.83. The highest BCUT2D eigenvalue weighted by Gasteiger charge is 2.41. The molecule has 15 heavy (non-hydrogen) atoms. The van der Waals surface area contributed by atoms with Gasteiger partial charge in [-0.1, -0.05) is 11.8 Å². The van der Waals surface area contributed by atoms with Crippen LogP contribution in [0.4, 0.5) is 13.2 Å². The normalized spacial score (nSPS) is 32.2. The molecule has 1 aliphatic rings. The van der Waals surface area contributed by atoms with E-state index in [1.54, 1.807) is 0 Å². The Morgan fingerprint density at radius 2 is 2.20 bits per heavy atom. The molecule has 0 aromatic heterocycles. The molecule has 1 rings (SSSR count). The number of aliphatic hydroxyl groups excluding tert-OH is 1. The molecule has 1 fully saturated rings. The molecule has 1 heterocycles. The Bertz CT molecular complexity index is 210. The predicted octanol–water partition coefficient (Wildman–Crippen LogP) is 2.42. The second kappa shape index (κ2) is 4.93. The monoisotopic (exact) mass is 244 g/mol. The second-order valence-corrected chi connectivity index (χ2v) is 4.99. The molecule has 0 aliphatic carbocycles. The largest absolute Gasteiger partial charge is 0.441 e. The van der Waals surface area contributed by atoms with Gasteiger partial charge in [-0.3, -0.25) is 0 Å². The Morgan fingerprint density at radius 1 is 1.53 bits per heavy atom. The van der Waals surface area contributed by atoms with Gasteiger partial charge in [-0.05, 0) is 19.8 Å². The molecule has 0 aromatic rings. The summed E-state index contributed by atoms with van der Waals surface area (Å²) in [6.45, 7) is 2.23. The Hall–Kier alpha value is 0.0600. The minimum absolute atomic E-state index is 0.0161. The zero-order valence-corrected chi connectivity index (χ0v) is 9.33. The molecule has 0 saturated carbocycles. The van der Waals surface area contributed by atoms with Crippen molar-refractivity contribution in [3.05, 3.63) is 0 Å². The Balaban J connectivity index is 2.41. The number of ether oxygens (including phenoxy) is 1. The number of alkyl halides is 3. The van der Waals surface area contributed by atoms with Crippen LogP contribution in [-0.2, 0) is 4.74 Å². The van der Waals surface area contributed by atoms with Crippen molar-refractivity contribution in [1.29, 1.82) is 0 Å². The average Bonchev–Trinajstić information content (AvgIpc) is 2.46. The maximum absolute atomic E-state index is 11.9. The average molecular weight is 244 g/mol. The molecule has 90 valence electrons. The van der Waals surface area contributed by atoms with E-state index < -0.39 is 10.9 Å². The molecular formula is C9H15F3O2S.